The number of ether oxygens (including phenoxy) is 1. The van der Waals surface area contributed by atoms with Crippen molar-refractivity contribution in [1.82, 2.24) is 10.1 Å². The molecule has 3 rings (SSSR count). The molecule has 1 amide bonds. The van der Waals surface area contributed by atoms with Crippen LogP contribution in [0.5, 0.6) is 5.75 Å². The van der Waals surface area contributed by atoms with Gasteiger partial charge in [0.1, 0.15) is 5.56 Å². The first kappa shape index (κ1) is 18.2. The quantitative estimate of drug-likeness (QED) is 0.835. The highest BCUT2D eigenvalue weighted by Crippen LogP contribution is 2.35. The van der Waals surface area contributed by atoms with Gasteiger partial charge in [-0.05, 0) is 37.0 Å². The molecule has 1 aliphatic heterocycles. The molecule has 2 heterocycles. The minimum Gasteiger partial charge on any atom is -0.494 e. The van der Waals surface area contributed by atoms with Crippen molar-refractivity contribution in [2.24, 2.45) is 5.92 Å². The molecular formula is C19H24FN3O3. The van der Waals surface area contributed by atoms with Crippen LogP contribution in [-0.4, -0.2) is 50.3 Å². The fraction of sp³-hybridized carbons (Fsp3) is 0.474. The Bertz CT molecular complexity index is 803. The first-order valence-electron chi connectivity index (χ1n) is 8.72. The Kier molecular flexibility index (Phi) is 5.15. The van der Waals surface area contributed by atoms with Crippen LogP contribution in [0, 0.1) is 11.7 Å². The molecule has 0 radical (unpaired) electrons. The van der Waals surface area contributed by atoms with Gasteiger partial charge in [0.2, 0.25) is 0 Å². The van der Waals surface area contributed by atoms with Gasteiger partial charge in [0, 0.05) is 32.7 Å². The molecule has 1 aromatic heterocycles. The maximum absolute atomic E-state index is 13.8. The molecule has 0 saturated carbocycles. The Balaban J connectivity index is 2.06. The van der Waals surface area contributed by atoms with Crippen LogP contribution in [0.3, 0.4) is 0 Å². The normalized spacial score (nSPS) is 17.3. The number of rotatable bonds is 4. The van der Waals surface area contributed by atoms with Crippen LogP contribution in [0.4, 0.5) is 10.2 Å². The van der Waals surface area contributed by atoms with Crippen molar-refractivity contribution in [2.75, 3.05) is 39.2 Å². The van der Waals surface area contributed by atoms with E-state index >= 15 is 0 Å². The van der Waals surface area contributed by atoms with E-state index in [0.717, 1.165) is 12.8 Å². The molecule has 1 unspecified atom stereocenters. The van der Waals surface area contributed by atoms with Crippen LogP contribution >= 0.6 is 0 Å². The number of benzene rings is 1. The van der Waals surface area contributed by atoms with Crippen LogP contribution in [0.15, 0.2) is 22.7 Å². The zero-order valence-electron chi connectivity index (χ0n) is 15.6. The summed E-state index contributed by atoms with van der Waals surface area (Å²) in [6, 6.07) is 4.38. The minimum atomic E-state index is -0.471. The van der Waals surface area contributed by atoms with E-state index in [1.807, 2.05) is 19.0 Å². The molecular weight excluding hydrogens is 337 g/mol. The van der Waals surface area contributed by atoms with Gasteiger partial charge in [-0.2, -0.15) is 0 Å². The Labute approximate surface area is 152 Å². The van der Waals surface area contributed by atoms with Gasteiger partial charge in [-0.1, -0.05) is 12.1 Å². The summed E-state index contributed by atoms with van der Waals surface area (Å²) in [5.74, 6) is 0.767. The number of carbonyl (C=O) groups is 1. The van der Waals surface area contributed by atoms with E-state index in [1.165, 1.54) is 19.2 Å². The number of nitrogens with zero attached hydrogens (tertiary/aromatic N) is 3. The lowest BCUT2D eigenvalue weighted by molar-refractivity contribution is 0.0684. The highest BCUT2D eigenvalue weighted by molar-refractivity contribution is 6.04. The monoisotopic (exact) mass is 361 g/mol. The molecule has 2 aromatic rings. The summed E-state index contributed by atoms with van der Waals surface area (Å²) >= 11 is 0. The van der Waals surface area contributed by atoms with Gasteiger partial charge >= 0.3 is 0 Å². The van der Waals surface area contributed by atoms with E-state index in [2.05, 4.69) is 12.1 Å². The summed E-state index contributed by atoms with van der Waals surface area (Å²) in [6.45, 7) is 3.57. The maximum Gasteiger partial charge on any atom is 0.261 e. The third-order valence-electron chi connectivity index (χ3n) is 4.67. The SMILES string of the molecule is COc1cc(-c2onc(N(C)C)c2C(=O)N2CCCC(C)C2)ccc1F. The van der Waals surface area contributed by atoms with Crippen LogP contribution < -0.4 is 9.64 Å². The van der Waals surface area contributed by atoms with Gasteiger partial charge < -0.3 is 19.1 Å². The lowest BCUT2D eigenvalue weighted by atomic mass is 9.99. The molecule has 1 atom stereocenters. The Hall–Kier alpha value is -2.57. The van der Waals surface area contributed by atoms with Gasteiger partial charge in [0.15, 0.2) is 23.1 Å². The molecule has 1 saturated heterocycles. The summed E-state index contributed by atoms with van der Waals surface area (Å²) in [7, 11) is 5.01. The average molecular weight is 361 g/mol. The van der Waals surface area contributed by atoms with Crippen molar-refractivity contribution in [3.05, 3.63) is 29.6 Å². The van der Waals surface area contributed by atoms with Crippen LogP contribution in [0.25, 0.3) is 11.3 Å². The number of hydrogen-bond acceptors (Lipinski definition) is 5. The smallest absolute Gasteiger partial charge is 0.261 e. The van der Waals surface area contributed by atoms with E-state index in [0.29, 0.717) is 41.7 Å². The molecule has 1 fully saturated rings. The summed E-state index contributed by atoms with van der Waals surface area (Å²) in [6.07, 6.45) is 2.10. The minimum absolute atomic E-state index is 0.0929. The number of piperidine rings is 1. The molecule has 6 nitrogen and oxygen atoms in total. The van der Waals surface area contributed by atoms with Gasteiger partial charge in [-0.25, -0.2) is 4.39 Å². The van der Waals surface area contributed by atoms with Crippen LogP contribution in [0.1, 0.15) is 30.1 Å². The number of aromatic nitrogens is 1. The summed E-state index contributed by atoms with van der Waals surface area (Å²) < 4.78 is 24.3. The molecule has 1 aromatic carbocycles. The Morgan fingerprint density at radius 1 is 1.42 bits per heavy atom. The Morgan fingerprint density at radius 3 is 2.85 bits per heavy atom. The second kappa shape index (κ2) is 7.35. The zero-order valence-corrected chi connectivity index (χ0v) is 15.6. The van der Waals surface area contributed by atoms with Crippen LogP contribution in [0.2, 0.25) is 0 Å². The fourth-order valence-electron chi connectivity index (χ4n) is 3.31. The topological polar surface area (TPSA) is 58.8 Å². The third-order valence-corrected chi connectivity index (χ3v) is 4.67. The number of carbonyl (C=O) groups excluding carboxylic acids is 1. The van der Waals surface area contributed by atoms with Gasteiger partial charge in [0.05, 0.1) is 7.11 Å². The first-order valence-corrected chi connectivity index (χ1v) is 8.72. The summed E-state index contributed by atoms with van der Waals surface area (Å²) in [5.41, 5.74) is 0.954. The van der Waals surface area contributed by atoms with Crippen molar-refractivity contribution >= 4 is 11.7 Å². The predicted octanol–water partition coefficient (Wildman–Crippen LogP) is 3.43. The van der Waals surface area contributed by atoms with E-state index < -0.39 is 5.82 Å². The number of methoxy groups -OCH3 is 1. The first-order chi connectivity index (χ1) is 12.4. The third kappa shape index (κ3) is 3.38. The van der Waals surface area contributed by atoms with Gasteiger partial charge in [0.25, 0.3) is 5.91 Å². The second-order valence-electron chi connectivity index (χ2n) is 6.95. The second-order valence-corrected chi connectivity index (χ2v) is 6.95. The summed E-state index contributed by atoms with van der Waals surface area (Å²) in [5, 5.41) is 4.07. The molecule has 0 bridgehead atoms. The highest BCUT2D eigenvalue weighted by Gasteiger charge is 2.31. The van der Waals surface area contributed by atoms with E-state index in [1.54, 1.807) is 11.0 Å². The molecule has 0 aliphatic carbocycles. The zero-order chi connectivity index (χ0) is 18.8. The fourth-order valence-corrected chi connectivity index (χ4v) is 3.31. The van der Waals surface area contributed by atoms with Crippen molar-refractivity contribution in [3.8, 4) is 17.1 Å². The number of amides is 1. The van der Waals surface area contributed by atoms with Crippen LogP contribution in [-0.2, 0) is 0 Å². The number of halogens is 1. The number of likely N-dealkylation sites (tertiary alicyclic amines) is 1. The largest absolute Gasteiger partial charge is 0.494 e. The average Bonchev–Trinajstić information content (AvgIpc) is 3.06. The van der Waals surface area contributed by atoms with E-state index in [9.17, 15) is 9.18 Å². The number of anilines is 1. The standard InChI is InChI=1S/C19H24FN3O3/c1-12-6-5-9-23(11-12)19(24)16-17(26-21-18(16)22(2)3)13-7-8-14(20)15(10-13)25-4/h7-8,10,12H,5-6,9,11H2,1-4H3. The molecule has 7 heteroatoms. The molecule has 140 valence electrons. The van der Waals surface area contributed by atoms with Crippen molar-refractivity contribution in [1.29, 1.82) is 0 Å². The van der Waals surface area contributed by atoms with Gasteiger partial charge in [-0.3, -0.25) is 4.79 Å². The van der Waals surface area contributed by atoms with Crippen molar-refractivity contribution < 1.29 is 18.4 Å². The predicted molar refractivity (Wildman–Crippen MR) is 97.1 cm³/mol. The Morgan fingerprint density at radius 2 is 2.19 bits per heavy atom. The highest BCUT2D eigenvalue weighted by atomic mass is 19.1. The number of hydrogen-bond donors (Lipinski definition) is 0. The lowest BCUT2D eigenvalue weighted by Gasteiger charge is -2.31. The molecule has 0 N–H and O–H groups in total. The molecule has 0 spiro atoms. The van der Waals surface area contributed by atoms with E-state index in [-0.39, 0.29) is 11.7 Å². The van der Waals surface area contributed by atoms with E-state index in [4.69, 9.17) is 9.26 Å². The summed E-state index contributed by atoms with van der Waals surface area (Å²) in [4.78, 5) is 16.8. The van der Waals surface area contributed by atoms with Gasteiger partial charge in [-0.15, -0.1) is 0 Å². The molecule has 26 heavy (non-hydrogen) atoms. The lowest BCUT2D eigenvalue weighted by Crippen LogP contribution is -2.39. The van der Waals surface area contributed by atoms with Crippen molar-refractivity contribution in [2.45, 2.75) is 19.8 Å². The van der Waals surface area contributed by atoms with Crippen molar-refractivity contribution in [3.63, 3.8) is 0 Å². The maximum atomic E-state index is 13.8. The molecule has 1 aliphatic rings.